The number of fused-ring (bicyclic) bond motifs is 1. The van der Waals surface area contributed by atoms with Gasteiger partial charge in [0.25, 0.3) is 0 Å². The van der Waals surface area contributed by atoms with Crippen LogP contribution in [0.5, 0.6) is 0 Å². The van der Waals surface area contributed by atoms with Crippen molar-refractivity contribution in [3.05, 3.63) is 65.6 Å². The lowest BCUT2D eigenvalue weighted by Crippen LogP contribution is -2.06. The summed E-state index contributed by atoms with van der Waals surface area (Å²) in [5, 5.41) is 15.1. The van der Waals surface area contributed by atoms with Crippen LogP contribution in [0.4, 0.5) is 5.82 Å². The zero-order chi connectivity index (χ0) is 19.7. The SMILES string of the molecule is CC(C)c1cc(CC(=O)Cc2ccc(-c3cccn4nnc(N)c34)cc2)[nH]n1. The Bertz CT molecular complexity index is 1120. The number of anilines is 1. The summed E-state index contributed by atoms with van der Waals surface area (Å²) in [6.45, 7) is 4.16. The molecule has 0 aliphatic carbocycles. The Morgan fingerprint density at radius 1 is 1.18 bits per heavy atom. The first-order valence-corrected chi connectivity index (χ1v) is 9.26. The van der Waals surface area contributed by atoms with E-state index in [2.05, 4.69) is 34.4 Å². The maximum absolute atomic E-state index is 12.4. The standard InChI is InChI=1S/C21H22N6O/c1-13(2)19-12-16(23-24-19)11-17(28)10-14-5-7-15(8-6-14)18-4-3-9-27-20(18)21(22)25-26-27/h3-9,12-13H,10-11,22H2,1-2H3,(H,23,24). The van der Waals surface area contributed by atoms with Gasteiger partial charge in [0.15, 0.2) is 5.82 Å². The van der Waals surface area contributed by atoms with Crippen molar-refractivity contribution in [1.29, 1.82) is 0 Å². The quantitative estimate of drug-likeness (QED) is 0.540. The van der Waals surface area contributed by atoms with E-state index in [0.29, 0.717) is 24.6 Å². The fraction of sp³-hybridized carbons (Fsp3) is 0.238. The molecule has 0 amide bonds. The largest absolute Gasteiger partial charge is 0.380 e. The topological polar surface area (TPSA) is 102 Å². The number of nitrogens with one attached hydrogen (secondary N) is 1. The highest BCUT2D eigenvalue weighted by Crippen LogP contribution is 2.27. The number of carbonyl (C=O) groups is 1. The molecule has 4 rings (SSSR count). The summed E-state index contributed by atoms with van der Waals surface area (Å²) in [6, 6.07) is 13.8. The normalized spacial score (nSPS) is 11.4. The average Bonchev–Trinajstić information content (AvgIpc) is 3.29. The van der Waals surface area contributed by atoms with Gasteiger partial charge in [-0.05, 0) is 29.2 Å². The molecule has 3 heterocycles. The second-order valence-electron chi connectivity index (χ2n) is 7.25. The highest BCUT2D eigenvalue weighted by atomic mass is 16.1. The first kappa shape index (κ1) is 17.9. The van der Waals surface area contributed by atoms with Gasteiger partial charge in [0, 0.05) is 30.3 Å². The van der Waals surface area contributed by atoms with Gasteiger partial charge >= 0.3 is 0 Å². The molecule has 0 fully saturated rings. The van der Waals surface area contributed by atoms with Crippen molar-refractivity contribution in [3.63, 3.8) is 0 Å². The number of pyridine rings is 1. The van der Waals surface area contributed by atoms with Gasteiger partial charge < -0.3 is 5.73 Å². The Hall–Kier alpha value is -3.48. The first-order valence-electron chi connectivity index (χ1n) is 9.26. The zero-order valence-electron chi connectivity index (χ0n) is 15.9. The number of ketones is 1. The first-order chi connectivity index (χ1) is 13.5. The van der Waals surface area contributed by atoms with Crippen molar-refractivity contribution >= 4 is 17.1 Å². The number of aromatic nitrogens is 5. The van der Waals surface area contributed by atoms with Gasteiger partial charge in [-0.15, -0.1) is 5.10 Å². The predicted octanol–water partition coefficient (Wildman–Crippen LogP) is 3.18. The summed E-state index contributed by atoms with van der Waals surface area (Å²) in [4.78, 5) is 12.4. The van der Waals surface area contributed by atoms with Crippen LogP contribution >= 0.6 is 0 Å². The van der Waals surface area contributed by atoms with Crippen molar-refractivity contribution in [2.45, 2.75) is 32.6 Å². The van der Waals surface area contributed by atoms with Crippen molar-refractivity contribution in [1.82, 2.24) is 25.0 Å². The van der Waals surface area contributed by atoms with E-state index in [1.165, 1.54) is 0 Å². The second kappa shape index (κ2) is 7.26. The third kappa shape index (κ3) is 3.51. The van der Waals surface area contributed by atoms with Crippen molar-refractivity contribution in [2.75, 3.05) is 5.73 Å². The molecule has 7 nitrogen and oxygen atoms in total. The number of hydrogen-bond acceptors (Lipinski definition) is 5. The van der Waals surface area contributed by atoms with Crippen LogP contribution in [0.15, 0.2) is 48.7 Å². The second-order valence-corrected chi connectivity index (χ2v) is 7.25. The molecule has 0 aliphatic rings. The van der Waals surface area contributed by atoms with Crippen LogP contribution in [-0.4, -0.2) is 30.8 Å². The molecule has 0 saturated heterocycles. The van der Waals surface area contributed by atoms with Gasteiger partial charge in [-0.1, -0.05) is 49.4 Å². The summed E-state index contributed by atoms with van der Waals surface area (Å²) < 4.78 is 1.66. The van der Waals surface area contributed by atoms with Gasteiger partial charge in [0.1, 0.15) is 11.3 Å². The third-order valence-corrected chi connectivity index (χ3v) is 4.76. The maximum atomic E-state index is 12.4. The van der Waals surface area contributed by atoms with Gasteiger partial charge in [-0.25, -0.2) is 4.52 Å². The molecule has 28 heavy (non-hydrogen) atoms. The minimum Gasteiger partial charge on any atom is -0.380 e. The molecular weight excluding hydrogens is 352 g/mol. The molecule has 0 bridgehead atoms. The average molecular weight is 374 g/mol. The molecule has 3 N–H and O–H groups in total. The lowest BCUT2D eigenvalue weighted by Gasteiger charge is -2.06. The Morgan fingerprint density at radius 3 is 2.68 bits per heavy atom. The van der Waals surface area contributed by atoms with E-state index in [1.54, 1.807) is 4.52 Å². The van der Waals surface area contributed by atoms with E-state index in [9.17, 15) is 4.79 Å². The van der Waals surface area contributed by atoms with E-state index in [-0.39, 0.29) is 5.78 Å². The van der Waals surface area contributed by atoms with Crippen LogP contribution in [0.2, 0.25) is 0 Å². The maximum Gasteiger partial charge on any atom is 0.174 e. The molecule has 0 aliphatic heterocycles. The van der Waals surface area contributed by atoms with Crippen molar-refractivity contribution in [2.24, 2.45) is 0 Å². The van der Waals surface area contributed by atoms with Crippen LogP contribution in [-0.2, 0) is 17.6 Å². The molecule has 0 saturated carbocycles. The summed E-state index contributed by atoms with van der Waals surface area (Å²) in [5.41, 5.74) is 11.5. The number of Topliss-reactive ketones (excluding diaryl/α,β-unsaturated/α-hetero) is 1. The summed E-state index contributed by atoms with van der Waals surface area (Å²) in [5.74, 6) is 0.894. The van der Waals surface area contributed by atoms with Gasteiger partial charge in [-0.3, -0.25) is 9.89 Å². The highest BCUT2D eigenvalue weighted by molar-refractivity contribution is 5.87. The minimum atomic E-state index is 0.151. The van der Waals surface area contributed by atoms with Crippen molar-refractivity contribution in [3.8, 4) is 11.1 Å². The van der Waals surface area contributed by atoms with Crippen LogP contribution in [0.3, 0.4) is 0 Å². The summed E-state index contributed by atoms with van der Waals surface area (Å²) in [7, 11) is 0. The molecule has 4 aromatic rings. The van der Waals surface area contributed by atoms with Gasteiger partial charge in [-0.2, -0.15) is 5.10 Å². The van der Waals surface area contributed by atoms with E-state index in [4.69, 9.17) is 5.73 Å². The number of hydrogen-bond donors (Lipinski definition) is 2. The Kier molecular flexibility index (Phi) is 4.65. The Labute approximate surface area is 162 Å². The molecular formula is C21H22N6O. The number of H-pyrrole nitrogens is 1. The van der Waals surface area contributed by atoms with Crippen LogP contribution in [0.25, 0.3) is 16.6 Å². The molecule has 0 atom stereocenters. The van der Waals surface area contributed by atoms with E-state index in [0.717, 1.165) is 33.6 Å². The number of nitrogen functional groups attached to an aromatic ring is 1. The molecule has 7 heteroatoms. The lowest BCUT2D eigenvalue weighted by atomic mass is 10.0. The number of nitrogens with two attached hydrogens (primary N) is 1. The highest BCUT2D eigenvalue weighted by Gasteiger charge is 2.12. The fourth-order valence-corrected chi connectivity index (χ4v) is 3.27. The van der Waals surface area contributed by atoms with Gasteiger partial charge in [0.05, 0.1) is 5.69 Å². The molecule has 0 spiro atoms. The van der Waals surface area contributed by atoms with E-state index < -0.39 is 0 Å². The lowest BCUT2D eigenvalue weighted by molar-refractivity contribution is -0.117. The van der Waals surface area contributed by atoms with Crippen molar-refractivity contribution < 1.29 is 4.79 Å². The van der Waals surface area contributed by atoms with Gasteiger partial charge in [0.2, 0.25) is 0 Å². The van der Waals surface area contributed by atoms with Crippen LogP contribution < -0.4 is 5.73 Å². The Morgan fingerprint density at radius 2 is 1.96 bits per heavy atom. The molecule has 0 unspecified atom stereocenters. The number of benzene rings is 1. The molecule has 0 radical (unpaired) electrons. The Balaban J connectivity index is 1.48. The summed E-state index contributed by atoms with van der Waals surface area (Å²) in [6.07, 6.45) is 2.56. The number of nitrogens with zero attached hydrogens (tertiary/aromatic N) is 4. The van der Waals surface area contributed by atoms with Crippen LogP contribution in [0, 0.1) is 0 Å². The molecule has 142 valence electrons. The zero-order valence-corrected chi connectivity index (χ0v) is 15.9. The number of rotatable bonds is 6. The number of carbonyl (C=O) groups excluding carboxylic acids is 1. The minimum absolute atomic E-state index is 0.151. The number of aromatic amines is 1. The summed E-state index contributed by atoms with van der Waals surface area (Å²) >= 11 is 0. The monoisotopic (exact) mass is 374 g/mol. The van der Waals surface area contributed by atoms with Crippen LogP contribution in [0.1, 0.15) is 36.7 Å². The molecule has 3 aromatic heterocycles. The van der Waals surface area contributed by atoms with E-state index in [1.807, 2.05) is 48.7 Å². The predicted molar refractivity (Wildman–Crippen MR) is 108 cm³/mol. The molecule has 1 aromatic carbocycles. The van der Waals surface area contributed by atoms with E-state index >= 15 is 0 Å². The smallest absolute Gasteiger partial charge is 0.174 e. The third-order valence-electron chi connectivity index (χ3n) is 4.76. The fourth-order valence-electron chi connectivity index (χ4n) is 3.27.